The normalized spacial score (nSPS) is 22.2. The molecule has 14 heteroatoms. The lowest BCUT2D eigenvalue weighted by Crippen LogP contribution is -2.68. The number of nitrogens with zero attached hydrogens (tertiary/aromatic N) is 1. The van der Waals surface area contributed by atoms with Crippen LogP contribution >= 0.6 is 11.3 Å². The minimum absolute atomic E-state index is 0.386. The number of esters is 4. The molecule has 2 amide bonds. The second kappa shape index (κ2) is 16.0. The van der Waals surface area contributed by atoms with Gasteiger partial charge < -0.3 is 29.0 Å². The predicted octanol–water partition coefficient (Wildman–Crippen LogP) is 5.35. The number of carbonyl (C=O) groups excluding carboxylic acids is 6. The van der Waals surface area contributed by atoms with E-state index in [9.17, 15) is 28.8 Å². The van der Waals surface area contributed by atoms with Crippen LogP contribution in [-0.2, 0) is 52.5 Å². The molecule has 13 nitrogen and oxygen atoms in total. The third kappa shape index (κ3) is 12.0. The smallest absolute Gasteiger partial charge is 0.311 e. The summed E-state index contributed by atoms with van der Waals surface area (Å²) >= 11 is 1.21. The molecular formula is C37H58N2O11S. The maximum Gasteiger partial charge on any atom is 0.311 e. The van der Waals surface area contributed by atoms with Gasteiger partial charge in [0, 0.05) is 10.4 Å². The zero-order chi connectivity index (χ0) is 39.5. The maximum absolute atomic E-state index is 14.0. The third-order valence-corrected chi connectivity index (χ3v) is 8.36. The number of nitrogens with one attached hydrogen (secondary N) is 1. The molecule has 1 fully saturated rings. The van der Waals surface area contributed by atoms with E-state index in [0.29, 0.717) is 11.3 Å². The van der Waals surface area contributed by atoms with E-state index >= 15 is 0 Å². The molecule has 0 bridgehead atoms. The largest absolute Gasteiger partial charge is 0.462 e. The van der Waals surface area contributed by atoms with Crippen molar-refractivity contribution in [2.24, 2.45) is 21.7 Å². The van der Waals surface area contributed by atoms with Crippen molar-refractivity contribution in [2.45, 2.75) is 146 Å². The lowest BCUT2D eigenvalue weighted by molar-refractivity contribution is -0.282. The number of ether oxygens (including phenoxy) is 5. The summed E-state index contributed by atoms with van der Waals surface area (Å²) in [6.07, 6.45) is -7.33. The van der Waals surface area contributed by atoms with Gasteiger partial charge in [0.1, 0.15) is 18.8 Å². The van der Waals surface area contributed by atoms with Crippen molar-refractivity contribution in [3.05, 3.63) is 22.4 Å². The highest BCUT2D eigenvalue weighted by Crippen LogP contribution is 2.38. The first kappa shape index (κ1) is 43.6. The van der Waals surface area contributed by atoms with E-state index < -0.39 is 100 Å². The standard InChI is InChI=1S/C37H58N2O11S/c1-33(2,3)29(42)46-19-21-24(48-30(43)34(4,5)6)25(49-31(44)35(7,8)9)26(50-32(45)36(10,11)12)28(47-21)39(20-40)23(22-17-16-18-51-22)27(41)38-37(13,14)15/h16-18,20-21,23-26,28H,19H2,1-15H3,(H,38,41)/t21?,23-,24+,25?,26?,28-/m1/s1. The van der Waals surface area contributed by atoms with Gasteiger partial charge >= 0.3 is 23.9 Å². The van der Waals surface area contributed by atoms with Crippen molar-refractivity contribution in [3.63, 3.8) is 0 Å². The maximum atomic E-state index is 14.0. The Kier molecular flexibility index (Phi) is 13.7. The molecule has 1 aliphatic heterocycles. The van der Waals surface area contributed by atoms with Crippen molar-refractivity contribution < 1.29 is 52.5 Å². The van der Waals surface area contributed by atoms with Crippen molar-refractivity contribution >= 4 is 47.5 Å². The molecule has 0 aliphatic carbocycles. The average Bonchev–Trinajstić information content (AvgIpc) is 3.47. The molecule has 2 heterocycles. The first-order valence-corrected chi connectivity index (χ1v) is 17.9. The fourth-order valence-electron chi connectivity index (χ4n) is 4.51. The van der Waals surface area contributed by atoms with Gasteiger partial charge in [-0.15, -0.1) is 11.3 Å². The first-order chi connectivity index (χ1) is 23.0. The van der Waals surface area contributed by atoms with Crippen LogP contribution in [0.2, 0.25) is 0 Å². The molecule has 0 saturated carbocycles. The molecule has 3 unspecified atom stereocenters. The monoisotopic (exact) mass is 738 g/mol. The van der Waals surface area contributed by atoms with Crippen molar-refractivity contribution in [2.75, 3.05) is 6.61 Å². The highest BCUT2D eigenvalue weighted by Gasteiger charge is 2.57. The van der Waals surface area contributed by atoms with Crippen LogP contribution in [0.25, 0.3) is 0 Å². The Hall–Kier alpha value is -3.52. The Morgan fingerprint density at radius 3 is 1.59 bits per heavy atom. The number of amides is 2. The number of hydrogen-bond donors (Lipinski definition) is 1. The summed E-state index contributed by atoms with van der Waals surface area (Å²) in [6.45, 7) is 24.3. The summed E-state index contributed by atoms with van der Waals surface area (Å²) in [7, 11) is 0. The molecule has 0 aromatic carbocycles. The van der Waals surface area contributed by atoms with Gasteiger partial charge in [-0.05, 0) is 115 Å². The Labute approximate surface area is 306 Å². The topological polar surface area (TPSA) is 164 Å². The van der Waals surface area contributed by atoms with E-state index in [1.54, 1.807) is 121 Å². The molecule has 1 aromatic heterocycles. The van der Waals surface area contributed by atoms with Crippen LogP contribution in [0.1, 0.15) is 115 Å². The van der Waals surface area contributed by atoms with E-state index in [4.69, 9.17) is 23.7 Å². The molecule has 2 rings (SSSR count). The fraction of sp³-hybridized carbons (Fsp3) is 0.730. The minimum atomic E-state index is -1.63. The molecule has 1 aromatic rings. The van der Waals surface area contributed by atoms with Gasteiger partial charge in [0.25, 0.3) is 0 Å². The Morgan fingerprint density at radius 1 is 0.745 bits per heavy atom. The molecule has 0 spiro atoms. The van der Waals surface area contributed by atoms with Crippen molar-refractivity contribution in [3.8, 4) is 0 Å². The molecule has 1 aliphatic rings. The molecule has 1 N–H and O–H groups in total. The summed E-state index contributed by atoms with van der Waals surface area (Å²) in [4.78, 5) is 82.6. The van der Waals surface area contributed by atoms with Crippen LogP contribution in [0.4, 0.5) is 0 Å². The molecule has 1 saturated heterocycles. The Balaban J connectivity index is 2.96. The predicted molar refractivity (Wildman–Crippen MR) is 190 cm³/mol. The van der Waals surface area contributed by atoms with Crippen molar-refractivity contribution in [1.29, 1.82) is 0 Å². The zero-order valence-electron chi connectivity index (χ0n) is 32.8. The van der Waals surface area contributed by atoms with Gasteiger partial charge in [0.15, 0.2) is 24.5 Å². The summed E-state index contributed by atoms with van der Waals surface area (Å²) in [5, 5.41) is 4.64. The van der Waals surface area contributed by atoms with Crippen LogP contribution in [-0.4, -0.2) is 83.9 Å². The van der Waals surface area contributed by atoms with Gasteiger partial charge in [0.05, 0.1) is 21.7 Å². The minimum Gasteiger partial charge on any atom is -0.462 e. The van der Waals surface area contributed by atoms with Gasteiger partial charge in [-0.25, -0.2) is 0 Å². The number of thiophene rings is 1. The molecule has 6 atom stereocenters. The van der Waals surface area contributed by atoms with Crippen molar-refractivity contribution in [1.82, 2.24) is 10.2 Å². The second-order valence-corrected chi connectivity index (χ2v) is 19.0. The quantitative estimate of drug-likeness (QED) is 0.187. The van der Waals surface area contributed by atoms with Gasteiger partial charge in [0.2, 0.25) is 12.3 Å². The highest BCUT2D eigenvalue weighted by atomic mass is 32.1. The fourth-order valence-corrected chi connectivity index (χ4v) is 5.34. The van der Waals surface area contributed by atoms with E-state index in [-0.39, 0.29) is 0 Å². The number of hydrogen-bond acceptors (Lipinski definition) is 12. The Morgan fingerprint density at radius 2 is 1.20 bits per heavy atom. The van der Waals surface area contributed by atoms with Crippen LogP contribution in [0.5, 0.6) is 0 Å². The molecule has 51 heavy (non-hydrogen) atoms. The van der Waals surface area contributed by atoms with E-state index in [1.165, 1.54) is 11.3 Å². The molecule has 0 radical (unpaired) electrons. The first-order valence-electron chi connectivity index (χ1n) is 17.0. The summed E-state index contributed by atoms with van der Waals surface area (Å²) in [5.74, 6) is -3.39. The van der Waals surface area contributed by atoms with Crippen LogP contribution in [0.3, 0.4) is 0 Å². The highest BCUT2D eigenvalue weighted by molar-refractivity contribution is 7.10. The average molecular weight is 739 g/mol. The van der Waals surface area contributed by atoms with E-state index in [2.05, 4.69) is 5.32 Å². The lowest BCUT2D eigenvalue weighted by atomic mass is 9.92. The summed E-state index contributed by atoms with van der Waals surface area (Å²) < 4.78 is 30.3. The van der Waals surface area contributed by atoms with Gasteiger partial charge in [-0.2, -0.15) is 0 Å². The Bertz CT molecular complexity index is 1410. The van der Waals surface area contributed by atoms with Crippen LogP contribution in [0, 0.1) is 21.7 Å². The van der Waals surface area contributed by atoms with Crippen LogP contribution < -0.4 is 5.32 Å². The molecule has 288 valence electrons. The number of rotatable bonds is 10. The third-order valence-electron chi connectivity index (χ3n) is 7.44. The molecular weight excluding hydrogens is 680 g/mol. The number of carbonyl (C=O) groups is 6. The van der Waals surface area contributed by atoms with Gasteiger partial charge in [-0.1, -0.05) is 6.07 Å². The summed E-state index contributed by atoms with van der Waals surface area (Å²) in [5.41, 5.74) is -4.88. The summed E-state index contributed by atoms with van der Waals surface area (Å²) in [6, 6.07) is 2.07. The lowest BCUT2D eigenvalue weighted by Gasteiger charge is -2.49. The second-order valence-electron chi connectivity index (χ2n) is 18.0. The zero-order valence-corrected chi connectivity index (χ0v) is 33.6. The van der Waals surface area contributed by atoms with Crippen LogP contribution in [0.15, 0.2) is 17.5 Å². The van der Waals surface area contributed by atoms with E-state index in [0.717, 1.165) is 4.90 Å². The SMILES string of the molecule is CC(C)(C)NC(=O)[C@@H](c1cccs1)N(C=O)[C@@H]1OC(COC(=O)C(C)(C)C)[C@H](OC(=O)C(C)(C)C)C(OC(=O)C(C)(C)C)C1OC(=O)C(C)(C)C. The van der Waals surface area contributed by atoms with Gasteiger partial charge in [-0.3, -0.25) is 33.7 Å². The van der Waals surface area contributed by atoms with E-state index in [1.807, 2.05) is 0 Å².